The number of hydrogen-bond donors (Lipinski definition) is 1. The number of ether oxygens (including phenoxy) is 1. The maximum atomic E-state index is 13.4. The van der Waals surface area contributed by atoms with Gasteiger partial charge >= 0.3 is 6.01 Å². The van der Waals surface area contributed by atoms with Crippen molar-refractivity contribution < 1.29 is 14.3 Å². The van der Waals surface area contributed by atoms with E-state index in [1.54, 1.807) is 4.90 Å². The zero-order valence-corrected chi connectivity index (χ0v) is 20.5. The van der Waals surface area contributed by atoms with Gasteiger partial charge in [-0.2, -0.15) is 15.0 Å². The van der Waals surface area contributed by atoms with E-state index in [0.29, 0.717) is 0 Å². The van der Waals surface area contributed by atoms with E-state index in [9.17, 15) is 9.59 Å². The van der Waals surface area contributed by atoms with Gasteiger partial charge in [-0.3, -0.25) is 29.6 Å². The van der Waals surface area contributed by atoms with E-state index in [1.165, 1.54) is 4.90 Å². The van der Waals surface area contributed by atoms with Gasteiger partial charge in [0.05, 0.1) is 28.5 Å². The molecule has 0 aliphatic carbocycles. The van der Waals surface area contributed by atoms with Crippen LogP contribution in [0.25, 0.3) is 0 Å². The lowest BCUT2D eigenvalue weighted by molar-refractivity contribution is -0.123. The number of carbonyl (C=O) groups is 2. The molecular weight excluding hydrogens is 398 g/mol. The van der Waals surface area contributed by atoms with Crippen molar-refractivity contribution in [3.8, 4) is 6.01 Å². The number of aromatic nitrogens is 3. The largest absolute Gasteiger partial charge is 0.461 e. The van der Waals surface area contributed by atoms with Crippen LogP contribution in [-0.2, 0) is 9.59 Å². The van der Waals surface area contributed by atoms with Gasteiger partial charge in [0.25, 0.3) is 11.8 Å². The zero-order chi connectivity index (χ0) is 23.7. The van der Waals surface area contributed by atoms with Crippen LogP contribution < -0.4 is 19.9 Å². The van der Waals surface area contributed by atoms with Gasteiger partial charge in [-0.25, -0.2) is 0 Å². The fraction of sp³-hybridized carbons (Fsp3) is 0.762. The molecule has 1 N–H and O–H groups in total. The predicted molar refractivity (Wildman–Crippen MR) is 118 cm³/mol. The summed E-state index contributed by atoms with van der Waals surface area (Å²) in [6.07, 6.45) is -0.193. The summed E-state index contributed by atoms with van der Waals surface area (Å²) < 4.78 is 5.78. The molecule has 0 spiro atoms. The molecular formula is C21H35N7O3. The van der Waals surface area contributed by atoms with Gasteiger partial charge in [-0.15, -0.1) is 0 Å². The van der Waals surface area contributed by atoms with E-state index in [-0.39, 0.29) is 35.8 Å². The molecule has 0 aromatic carbocycles. The van der Waals surface area contributed by atoms with E-state index in [1.807, 2.05) is 81.2 Å². The highest BCUT2D eigenvalue weighted by atomic mass is 16.5. The summed E-state index contributed by atoms with van der Waals surface area (Å²) in [6, 6.07) is 0.0688. The third kappa shape index (κ3) is 3.55. The molecule has 0 atom stereocenters. The molecule has 0 bridgehead atoms. The van der Waals surface area contributed by atoms with Crippen molar-refractivity contribution in [2.24, 2.45) is 0 Å². The number of nitrogens with zero attached hydrogens (tertiary/aromatic N) is 6. The maximum absolute atomic E-state index is 13.4. The summed E-state index contributed by atoms with van der Waals surface area (Å²) in [7, 11) is 1.89. The molecule has 3 rings (SSSR count). The van der Waals surface area contributed by atoms with Gasteiger partial charge in [-0.05, 0) is 76.3 Å². The molecule has 2 aliphatic heterocycles. The number of hydrogen-bond acceptors (Lipinski definition) is 8. The van der Waals surface area contributed by atoms with E-state index in [4.69, 9.17) is 4.74 Å². The van der Waals surface area contributed by atoms with Gasteiger partial charge < -0.3 is 4.74 Å². The van der Waals surface area contributed by atoms with E-state index in [2.05, 4.69) is 20.3 Å². The standard InChI is InChI=1S/C21H35N7O3/c1-12(2)31-17-23-15(27-13(29)18(3,4)25-20(27,7)8)22-16(24-17)28-14(30)19(5,6)26(11)21(28,9)10/h12,25H,1-11H3. The van der Waals surface area contributed by atoms with Crippen LogP contribution >= 0.6 is 0 Å². The van der Waals surface area contributed by atoms with Gasteiger partial charge in [-0.1, -0.05) is 0 Å². The van der Waals surface area contributed by atoms with Gasteiger partial charge in [0.15, 0.2) is 0 Å². The van der Waals surface area contributed by atoms with Crippen molar-refractivity contribution in [1.82, 2.24) is 25.2 Å². The van der Waals surface area contributed by atoms with Crippen LogP contribution in [0.3, 0.4) is 0 Å². The quantitative estimate of drug-likeness (QED) is 0.768. The Morgan fingerprint density at radius 3 is 1.74 bits per heavy atom. The average molecular weight is 434 g/mol. The lowest BCUT2D eigenvalue weighted by Gasteiger charge is -2.37. The van der Waals surface area contributed by atoms with Crippen LogP contribution in [0.15, 0.2) is 0 Å². The van der Waals surface area contributed by atoms with Crippen molar-refractivity contribution in [2.45, 2.75) is 97.7 Å². The Balaban J connectivity index is 2.20. The Morgan fingerprint density at radius 1 is 0.839 bits per heavy atom. The lowest BCUT2D eigenvalue weighted by atomic mass is 10.0. The van der Waals surface area contributed by atoms with Crippen LogP contribution in [-0.4, -0.2) is 67.2 Å². The van der Waals surface area contributed by atoms with Crippen molar-refractivity contribution in [3.63, 3.8) is 0 Å². The van der Waals surface area contributed by atoms with Crippen LogP contribution in [0.5, 0.6) is 6.01 Å². The van der Waals surface area contributed by atoms with Crippen molar-refractivity contribution in [1.29, 1.82) is 0 Å². The number of likely N-dealkylation sites (N-methyl/N-ethyl adjacent to an activating group) is 1. The molecule has 1 aromatic heterocycles. The second kappa shape index (κ2) is 6.83. The van der Waals surface area contributed by atoms with Crippen LogP contribution in [0.1, 0.15) is 69.2 Å². The first kappa shape index (κ1) is 23.3. The topological polar surface area (TPSA) is 104 Å². The highest BCUT2D eigenvalue weighted by molar-refractivity contribution is 6.03. The first-order chi connectivity index (χ1) is 13.9. The third-order valence-electron chi connectivity index (χ3n) is 6.18. The SMILES string of the molecule is CC(C)Oc1nc(N2C(=O)C(C)(C)NC2(C)C)nc(N2C(=O)C(C)(C)N(C)C2(C)C)n1. The van der Waals surface area contributed by atoms with Crippen LogP contribution in [0, 0.1) is 0 Å². The van der Waals surface area contributed by atoms with E-state index < -0.39 is 22.4 Å². The molecule has 2 saturated heterocycles. The normalized spacial score (nSPS) is 24.4. The summed E-state index contributed by atoms with van der Waals surface area (Å²) in [6.45, 7) is 18.7. The lowest BCUT2D eigenvalue weighted by Crippen LogP contribution is -2.51. The van der Waals surface area contributed by atoms with Crippen LogP contribution in [0.4, 0.5) is 11.9 Å². The number of anilines is 2. The van der Waals surface area contributed by atoms with Gasteiger partial charge in [0.2, 0.25) is 11.9 Å². The Labute approximate surface area is 184 Å². The minimum absolute atomic E-state index is 0.0688. The molecule has 172 valence electrons. The Morgan fingerprint density at radius 2 is 1.35 bits per heavy atom. The Bertz CT molecular complexity index is 924. The minimum atomic E-state index is -0.791. The number of rotatable bonds is 4. The smallest absolute Gasteiger partial charge is 0.323 e. The summed E-state index contributed by atoms with van der Waals surface area (Å²) >= 11 is 0. The minimum Gasteiger partial charge on any atom is -0.461 e. The van der Waals surface area contributed by atoms with Crippen molar-refractivity contribution in [2.75, 3.05) is 16.8 Å². The molecule has 1 aromatic rings. The third-order valence-corrected chi connectivity index (χ3v) is 6.18. The molecule has 0 saturated carbocycles. The highest BCUT2D eigenvalue weighted by Gasteiger charge is 2.57. The molecule has 0 radical (unpaired) electrons. The van der Waals surface area contributed by atoms with Crippen molar-refractivity contribution >= 4 is 23.7 Å². The summed E-state index contributed by atoms with van der Waals surface area (Å²) in [5, 5.41) is 3.31. The predicted octanol–water partition coefficient (Wildman–Crippen LogP) is 1.90. The number of nitrogens with one attached hydrogen (secondary N) is 1. The Hall–Kier alpha value is -2.33. The highest BCUT2D eigenvalue weighted by Crippen LogP contribution is 2.40. The molecule has 0 unspecified atom stereocenters. The number of carbonyl (C=O) groups excluding carboxylic acids is 2. The molecule has 2 amide bonds. The van der Waals surface area contributed by atoms with Gasteiger partial charge in [0.1, 0.15) is 0 Å². The monoisotopic (exact) mass is 433 g/mol. The summed E-state index contributed by atoms with van der Waals surface area (Å²) in [5.41, 5.74) is -2.98. The first-order valence-corrected chi connectivity index (χ1v) is 10.6. The molecule has 3 heterocycles. The summed E-state index contributed by atoms with van der Waals surface area (Å²) in [5.74, 6) is -0.0150. The number of amides is 2. The fourth-order valence-electron chi connectivity index (χ4n) is 4.38. The Kier molecular flexibility index (Phi) is 5.14. The second-order valence-electron chi connectivity index (χ2n) is 10.6. The molecule has 2 aliphatic rings. The van der Waals surface area contributed by atoms with Gasteiger partial charge in [0, 0.05) is 0 Å². The summed E-state index contributed by atoms with van der Waals surface area (Å²) in [4.78, 5) is 45.1. The molecule has 31 heavy (non-hydrogen) atoms. The molecule has 2 fully saturated rings. The van der Waals surface area contributed by atoms with E-state index >= 15 is 0 Å². The molecule has 10 heteroatoms. The zero-order valence-electron chi connectivity index (χ0n) is 20.5. The fourth-order valence-corrected chi connectivity index (χ4v) is 4.38. The van der Waals surface area contributed by atoms with Crippen LogP contribution in [0.2, 0.25) is 0 Å². The first-order valence-electron chi connectivity index (χ1n) is 10.6. The van der Waals surface area contributed by atoms with E-state index in [0.717, 1.165) is 0 Å². The maximum Gasteiger partial charge on any atom is 0.323 e. The van der Waals surface area contributed by atoms with Crippen molar-refractivity contribution in [3.05, 3.63) is 0 Å². The average Bonchev–Trinajstić information content (AvgIpc) is 2.82. The second-order valence-corrected chi connectivity index (χ2v) is 10.6. The molecule has 10 nitrogen and oxygen atoms in total.